The summed E-state index contributed by atoms with van der Waals surface area (Å²) in [4.78, 5) is 37.8. The van der Waals surface area contributed by atoms with Gasteiger partial charge in [0.05, 0.1) is 17.3 Å². The van der Waals surface area contributed by atoms with E-state index < -0.39 is 12.1 Å². The molecule has 0 aliphatic rings. The number of aromatic nitrogens is 1. The molecule has 1 aromatic carbocycles. The minimum absolute atomic E-state index is 0.0440. The molecule has 0 saturated carbocycles. The number of methoxy groups -OCH3 is 1. The van der Waals surface area contributed by atoms with Crippen molar-refractivity contribution in [1.29, 1.82) is 0 Å². The molecule has 204 valence electrons. The molecule has 2 aromatic heterocycles. The van der Waals surface area contributed by atoms with Crippen LogP contribution in [-0.2, 0) is 11.8 Å². The zero-order valence-electron chi connectivity index (χ0n) is 21.4. The Morgan fingerprint density at radius 2 is 1.81 bits per heavy atom. The Morgan fingerprint density at radius 3 is 2.35 bits per heavy atom. The third-order valence-electron chi connectivity index (χ3n) is 5.93. The van der Waals surface area contributed by atoms with Crippen LogP contribution in [0, 0.1) is 0 Å². The van der Waals surface area contributed by atoms with E-state index in [0.717, 1.165) is 48.1 Å². The van der Waals surface area contributed by atoms with Gasteiger partial charge in [-0.3, -0.25) is 9.59 Å². The quantitative estimate of drug-likeness (QED) is 0.408. The van der Waals surface area contributed by atoms with Gasteiger partial charge < -0.3 is 24.6 Å². The molecule has 0 spiro atoms. The topological polar surface area (TPSA) is 101 Å². The lowest BCUT2D eigenvalue weighted by atomic mass is 10.1. The van der Waals surface area contributed by atoms with Crippen LogP contribution >= 0.6 is 11.3 Å². The van der Waals surface area contributed by atoms with Gasteiger partial charge in [0.2, 0.25) is 0 Å². The second-order valence-corrected chi connectivity index (χ2v) is 9.42. The monoisotopic (exact) mass is 543 g/mol. The first kappa shape index (κ1) is 30.1. The van der Waals surface area contributed by atoms with Crippen LogP contribution in [0.4, 0.5) is 13.2 Å². The number of halogens is 3. The van der Waals surface area contributed by atoms with Gasteiger partial charge in [0.1, 0.15) is 10.3 Å². The first-order valence-electron chi connectivity index (χ1n) is 11.8. The molecule has 0 saturated heterocycles. The molecule has 37 heavy (non-hydrogen) atoms. The molecule has 2 N–H and O–H groups in total. The number of benzene rings is 1. The number of aryl methyl sites for hydroxylation is 1. The lowest BCUT2D eigenvalue weighted by Crippen LogP contribution is -2.33. The number of hydrogen-bond donors (Lipinski definition) is 2. The van der Waals surface area contributed by atoms with Crippen LogP contribution in [-0.4, -0.2) is 65.4 Å². The fourth-order valence-corrected chi connectivity index (χ4v) is 5.10. The normalized spacial score (nSPS) is 12.4. The minimum Gasteiger partial charge on any atom is -0.494 e. The second-order valence-electron chi connectivity index (χ2n) is 8.40. The van der Waals surface area contributed by atoms with Crippen LogP contribution in [0.1, 0.15) is 43.3 Å². The Morgan fingerprint density at radius 1 is 1.22 bits per heavy atom. The van der Waals surface area contributed by atoms with E-state index in [9.17, 15) is 22.8 Å². The summed E-state index contributed by atoms with van der Waals surface area (Å²) >= 11 is 1.33. The summed E-state index contributed by atoms with van der Waals surface area (Å²) in [5.74, 6) is -2.57. The van der Waals surface area contributed by atoms with Crippen LogP contribution in [0.5, 0.6) is 5.75 Å². The summed E-state index contributed by atoms with van der Waals surface area (Å²) in [5.41, 5.74) is 0.693. The first-order chi connectivity index (χ1) is 17.4. The molecule has 0 fully saturated rings. The van der Waals surface area contributed by atoms with E-state index in [4.69, 9.17) is 14.6 Å². The molecule has 2 heterocycles. The molecule has 0 aliphatic heterocycles. The van der Waals surface area contributed by atoms with Gasteiger partial charge in [0, 0.05) is 18.5 Å². The average molecular weight is 544 g/mol. The number of fused-ring (bicyclic) bond motifs is 3. The van der Waals surface area contributed by atoms with Gasteiger partial charge >= 0.3 is 12.1 Å². The van der Waals surface area contributed by atoms with Crippen molar-refractivity contribution in [1.82, 2.24) is 14.8 Å². The van der Waals surface area contributed by atoms with Gasteiger partial charge in [-0.2, -0.15) is 13.2 Å². The molecule has 0 aliphatic carbocycles. The summed E-state index contributed by atoms with van der Waals surface area (Å²) in [7, 11) is 3.26. The lowest BCUT2D eigenvalue weighted by Gasteiger charge is -2.19. The van der Waals surface area contributed by atoms with E-state index in [2.05, 4.69) is 24.1 Å². The van der Waals surface area contributed by atoms with Gasteiger partial charge in [0.25, 0.3) is 11.5 Å². The number of rotatable bonds is 9. The number of carboxylic acids is 1. The summed E-state index contributed by atoms with van der Waals surface area (Å²) in [6.45, 7) is 9.46. The summed E-state index contributed by atoms with van der Waals surface area (Å²) in [5, 5.41) is 11.6. The Bertz CT molecular complexity index is 1300. The lowest BCUT2D eigenvalue weighted by molar-refractivity contribution is -0.192. The molecule has 0 bridgehead atoms. The van der Waals surface area contributed by atoms with E-state index >= 15 is 0 Å². The number of nitrogens with one attached hydrogen (secondary N) is 1. The highest BCUT2D eigenvalue weighted by atomic mass is 32.1. The predicted molar refractivity (Wildman–Crippen MR) is 139 cm³/mol. The number of carbonyl (C=O) groups excluding carboxylic acids is 1. The third-order valence-corrected chi connectivity index (χ3v) is 7.13. The second kappa shape index (κ2) is 12.9. The number of ether oxygens (including phenoxy) is 1. The molecular formula is C25H32F3N3O5S. The summed E-state index contributed by atoms with van der Waals surface area (Å²) < 4.78 is 39.7. The molecular weight excluding hydrogens is 511 g/mol. The van der Waals surface area contributed by atoms with Crippen LogP contribution < -0.4 is 15.6 Å². The van der Waals surface area contributed by atoms with Crippen LogP contribution in [0.2, 0.25) is 0 Å². The van der Waals surface area contributed by atoms with Crippen molar-refractivity contribution in [2.24, 2.45) is 7.05 Å². The highest BCUT2D eigenvalue weighted by Gasteiger charge is 2.38. The number of alkyl halides is 3. The third kappa shape index (κ3) is 7.22. The van der Waals surface area contributed by atoms with Gasteiger partial charge in [-0.05, 0) is 45.5 Å². The van der Waals surface area contributed by atoms with Crippen molar-refractivity contribution in [2.75, 3.05) is 26.7 Å². The van der Waals surface area contributed by atoms with Crippen LogP contribution in [0.25, 0.3) is 21.0 Å². The number of thiophene rings is 1. The zero-order chi connectivity index (χ0) is 27.9. The Hall–Kier alpha value is -3.12. The fraction of sp³-hybridized carbons (Fsp3) is 0.480. The largest absolute Gasteiger partial charge is 0.494 e. The van der Waals surface area contributed by atoms with E-state index in [1.165, 1.54) is 18.4 Å². The molecule has 1 atom stereocenters. The van der Waals surface area contributed by atoms with E-state index in [-0.39, 0.29) is 17.5 Å². The van der Waals surface area contributed by atoms with Crippen molar-refractivity contribution >= 4 is 44.2 Å². The smallest absolute Gasteiger partial charge is 0.490 e. The maximum absolute atomic E-state index is 13.0. The van der Waals surface area contributed by atoms with Crippen molar-refractivity contribution < 1.29 is 32.6 Å². The number of aliphatic carboxylic acids is 1. The fourth-order valence-electron chi connectivity index (χ4n) is 3.90. The number of amides is 1. The molecule has 1 amide bonds. The minimum atomic E-state index is -5.08. The molecule has 3 rings (SSSR count). The number of hydrogen-bond acceptors (Lipinski definition) is 6. The first-order valence-corrected chi connectivity index (χ1v) is 12.6. The van der Waals surface area contributed by atoms with Gasteiger partial charge in [-0.25, -0.2) is 4.79 Å². The van der Waals surface area contributed by atoms with Crippen LogP contribution in [0.3, 0.4) is 0 Å². The highest BCUT2D eigenvalue weighted by Crippen LogP contribution is 2.39. The Labute approximate surface area is 216 Å². The Balaban J connectivity index is 0.000000604. The highest BCUT2D eigenvalue weighted by molar-refractivity contribution is 7.22. The van der Waals surface area contributed by atoms with Gasteiger partial charge in [0.15, 0.2) is 5.75 Å². The molecule has 12 heteroatoms. The standard InChI is InChI=1S/C23H31N3O3S.C2HF3O2/c1-6-26(7-2)14-10-11-15(3)24-22(27)21-19(29-5)18-20(30-21)16-12-8-9-13-17(16)25(4)23(18)28;3-2(4,5)1(6)7/h8-9,12-13,15H,6-7,10-11,14H2,1-5H3,(H,24,27);(H,6,7). The summed E-state index contributed by atoms with van der Waals surface area (Å²) in [6, 6.07) is 7.79. The molecule has 1 unspecified atom stereocenters. The van der Waals surface area contributed by atoms with E-state index in [0.29, 0.717) is 16.0 Å². The van der Waals surface area contributed by atoms with Crippen molar-refractivity contribution in [3.63, 3.8) is 0 Å². The predicted octanol–water partition coefficient (Wildman–Crippen LogP) is 4.64. The molecule has 3 aromatic rings. The summed E-state index contributed by atoms with van der Waals surface area (Å²) in [6.07, 6.45) is -3.15. The van der Waals surface area contributed by atoms with E-state index in [1.54, 1.807) is 11.6 Å². The number of carbonyl (C=O) groups is 2. The number of pyridine rings is 1. The molecule has 0 radical (unpaired) electrons. The number of nitrogens with zero attached hydrogens (tertiary/aromatic N) is 2. The van der Waals surface area contributed by atoms with Gasteiger partial charge in [-0.15, -0.1) is 11.3 Å². The maximum atomic E-state index is 13.0. The molecule has 8 nitrogen and oxygen atoms in total. The Kier molecular flexibility index (Phi) is 10.5. The number of carboxylic acid groups (broad SMARTS) is 1. The average Bonchev–Trinajstić information content (AvgIpc) is 3.25. The van der Waals surface area contributed by atoms with Crippen LogP contribution in [0.15, 0.2) is 29.1 Å². The van der Waals surface area contributed by atoms with Crippen molar-refractivity contribution in [3.05, 3.63) is 39.5 Å². The van der Waals surface area contributed by atoms with Crippen molar-refractivity contribution in [3.8, 4) is 5.75 Å². The zero-order valence-corrected chi connectivity index (χ0v) is 22.3. The van der Waals surface area contributed by atoms with Gasteiger partial charge in [-0.1, -0.05) is 32.0 Å². The maximum Gasteiger partial charge on any atom is 0.490 e. The SMILES string of the molecule is CCN(CC)CCCC(C)NC(=O)c1sc2c(c1OC)c(=O)n(C)c1ccccc21.O=C(O)C(F)(F)F. The van der Waals surface area contributed by atoms with E-state index in [1.807, 2.05) is 31.2 Å². The van der Waals surface area contributed by atoms with Crippen molar-refractivity contribution in [2.45, 2.75) is 45.8 Å². The number of para-hydroxylation sites is 1.